The van der Waals surface area contributed by atoms with Crippen molar-refractivity contribution in [1.29, 1.82) is 0 Å². The van der Waals surface area contributed by atoms with Gasteiger partial charge < -0.3 is 10.1 Å². The zero-order valence-corrected chi connectivity index (χ0v) is 20.2. The molecule has 0 saturated carbocycles. The average Bonchev–Trinajstić information content (AvgIpc) is 3.20. The first kappa shape index (κ1) is 22.7. The highest BCUT2D eigenvalue weighted by atomic mass is 32.1. The van der Waals surface area contributed by atoms with Crippen molar-refractivity contribution >= 4 is 22.9 Å². The molecule has 0 atom stereocenters. The number of carbonyl (C=O) groups is 1. The summed E-state index contributed by atoms with van der Waals surface area (Å²) in [5, 5.41) is 3.93. The Balaban J connectivity index is 1.41. The molecule has 1 aromatic heterocycles. The maximum atomic E-state index is 12.5. The average molecular weight is 457 g/mol. The van der Waals surface area contributed by atoms with Crippen molar-refractivity contribution in [2.45, 2.75) is 33.6 Å². The van der Waals surface area contributed by atoms with Crippen LogP contribution < -0.4 is 10.1 Å². The topological polar surface area (TPSA) is 51.2 Å². The Morgan fingerprint density at radius 3 is 2.39 bits per heavy atom. The van der Waals surface area contributed by atoms with Gasteiger partial charge >= 0.3 is 0 Å². The highest BCUT2D eigenvalue weighted by Crippen LogP contribution is 2.33. The standard InChI is InChI=1S/C28H28N2O2S/c1-18(2)24-15-10-19(3)16-25(24)32-17-26(31)29-23-13-11-21(12-14-23)27-20(4)33-28(30-27)22-8-6-5-7-9-22/h5-16,18H,17H2,1-4H3,(H,29,31). The maximum absolute atomic E-state index is 12.5. The number of ether oxygens (including phenoxy) is 1. The van der Waals surface area contributed by atoms with Crippen molar-refractivity contribution in [2.24, 2.45) is 0 Å². The Morgan fingerprint density at radius 1 is 0.970 bits per heavy atom. The Morgan fingerprint density at radius 2 is 1.70 bits per heavy atom. The monoisotopic (exact) mass is 456 g/mol. The molecule has 1 amide bonds. The SMILES string of the molecule is Cc1ccc(C(C)C)c(OCC(=O)Nc2ccc(-c3nc(-c4ccccc4)sc3C)cc2)c1. The van der Waals surface area contributed by atoms with Crippen LogP contribution in [-0.4, -0.2) is 17.5 Å². The van der Waals surface area contributed by atoms with Gasteiger partial charge in [0.2, 0.25) is 0 Å². The van der Waals surface area contributed by atoms with E-state index in [-0.39, 0.29) is 12.5 Å². The van der Waals surface area contributed by atoms with E-state index < -0.39 is 0 Å². The molecule has 0 radical (unpaired) electrons. The smallest absolute Gasteiger partial charge is 0.262 e. The number of nitrogens with one attached hydrogen (secondary N) is 1. The van der Waals surface area contributed by atoms with Gasteiger partial charge in [-0.2, -0.15) is 0 Å². The van der Waals surface area contributed by atoms with E-state index in [1.807, 2.05) is 55.5 Å². The minimum Gasteiger partial charge on any atom is -0.483 e. The lowest BCUT2D eigenvalue weighted by molar-refractivity contribution is -0.118. The highest BCUT2D eigenvalue weighted by molar-refractivity contribution is 7.15. The third-order valence-electron chi connectivity index (χ3n) is 5.41. The van der Waals surface area contributed by atoms with Crippen LogP contribution in [0.1, 0.15) is 35.8 Å². The van der Waals surface area contributed by atoms with Crippen molar-refractivity contribution in [3.63, 3.8) is 0 Å². The molecule has 168 valence electrons. The van der Waals surface area contributed by atoms with Gasteiger partial charge in [-0.05, 0) is 49.1 Å². The molecule has 3 aromatic carbocycles. The number of aromatic nitrogens is 1. The zero-order chi connectivity index (χ0) is 23.4. The number of amides is 1. The quantitative estimate of drug-likeness (QED) is 0.319. The van der Waals surface area contributed by atoms with Crippen LogP contribution in [0.5, 0.6) is 5.75 Å². The first-order valence-electron chi connectivity index (χ1n) is 11.1. The lowest BCUT2D eigenvalue weighted by atomic mass is 10.0. The van der Waals surface area contributed by atoms with Gasteiger partial charge in [-0.15, -0.1) is 11.3 Å². The molecule has 33 heavy (non-hydrogen) atoms. The number of rotatable bonds is 7. The molecule has 4 rings (SSSR count). The van der Waals surface area contributed by atoms with Crippen molar-refractivity contribution < 1.29 is 9.53 Å². The fourth-order valence-electron chi connectivity index (χ4n) is 3.66. The van der Waals surface area contributed by atoms with E-state index in [0.29, 0.717) is 5.92 Å². The van der Waals surface area contributed by atoms with Crippen LogP contribution in [0.2, 0.25) is 0 Å². The summed E-state index contributed by atoms with van der Waals surface area (Å²) in [6.45, 7) is 8.31. The van der Waals surface area contributed by atoms with Gasteiger partial charge in [0.15, 0.2) is 6.61 Å². The van der Waals surface area contributed by atoms with Crippen LogP contribution in [0.3, 0.4) is 0 Å². The van der Waals surface area contributed by atoms with Crippen LogP contribution in [0, 0.1) is 13.8 Å². The summed E-state index contributed by atoms with van der Waals surface area (Å²) in [6, 6.07) is 24.1. The third-order valence-corrected chi connectivity index (χ3v) is 6.43. The highest BCUT2D eigenvalue weighted by Gasteiger charge is 2.13. The van der Waals surface area contributed by atoms with Gasteiger partial charge in [0.05, 0.1) is 5.69 Å². The molecule has 1 N–H and O–H groups in total. The Kier molecular flexibility index (Phi) is 6.90. The molecule has 0 saturated heterocycles. The molecular weight excluding hydrogens is 428 g/mol. The predicted molar refractivity (Wildman–Crippen MR) is 137 cm³/mol. The van der Waals surface area contributed by atoms with E-state index in [1.54, 1.807) is 11.3 Å². The molecule has 0 bridgehead atoms. The van der Waals surface area contributed by atoms with Crippen LogP contribution in [0.4, 0.5) is 5.69 Å². The van der Waals surface area contributed by atoms with E-state index >= 15 is 0 Å². The summed E-state index contributed by atoms with van der Waals surface area (Å²) in [6.07, 6.45) is 0. The van der Waals surface area contributed by atoms with E-state index in [9.17, 15) is 4.79 Å². The second kappa shape index (κ2) is 10.0. The second-order valence-corrected chi connectivity index (χ2v) is 9.60. The summed E-state index contributed by atoms with van der Waals surface area (Å²) in [7, 11) is 0. The van der Waals surface area contributed by atoms with E-state index in [0.717, 1.165) is 49.3 Å². The number of hydrogen-bond donors (Lipinski definition) is 1. The molecule has 4 aromatic rings. The first-order chi connectivity index (χ1) is 15.9. The summed E-state index contributed by atoms with van der Waals surface area (Å²) in [5.74, 6) is 0.909. The molecule has 4 nitrogen and oxygen atoms in total. The molecule has 5 heteroatoms. The molecule has 0 spiro atoms. The molecule has 0 fully saturated rings. The second-order valence-electron chi connectivity index (χ2n) is 8.40. The number of carbonyl (C=O) groups excluding carboxylic acids is 1. The fraction of sp³-hybridized carbons (Fsp3) is 0.214. The van der Waals surface area contributed by atoms with Gasteiger partial charge in [-0.3, -0.25) is 4.79 Å². The summed E-state index contributed by atoms with van der Waals surface area (Å²) in [4.78, 5) is 18.5. The minimum absolute atomic E-state index is 0.0312. The zero-order valence-electron chi connectivity index (χ0n) is 19.4. The molecule has 0 unspecified atom stereocenters. The van der Waals surface area contributed by atoms with Crippen molar-refractivity contribution in [1.82, 2.24) is 4.98 Å². The van der Waals surface area contributed by atoms with Gasteiger partial charge in [-0.25, -0.2) is 4.98 Å². The summed E-state index contributed by atoms with van der Waals surface area (Å²) in [5.41, 5.74) is 6.07. The first-order valence-corrected chi connectivity index (χ1v) is 11.9. The van der Waals surface area contributed by atoms with E-state index in [4.69, 9.17) is 9.72 Å². The van der Waals surface area contributed by atoms with E-state index in [1.165, 1.54) is 0 Å². The Bertz CT molecular complexity index is 1240. The van der Waals surface area contributed by atoms with Crippen molar-refractivity contribution in [3.8, 4) is 27.6 Å². The number of nitrogens with zero attached hydrogens (tertiary/aromatic N) is 1. The minimum atomic E-state index is -0.185. The largest absolute Gasteiger partial charge is 0.483 e. The van der Waals surface area contributed by atoms with Crippen molar-refractivity contribution in [3.05, 3.63) is 88.8 Å². The lowest BCUT2D eigenvalue weighted by Crippen LogP contribution is -2.20. The number of aryl methyl sites for hydroxylation is 2. The number of hydrogen-bond acceptors (Lipinski definition) is 4. The Hall–Kier alpha value is -3.44. The number of thiazole rings is 1. The molecule has 0 aliphatic heterocycles. The maximum Gasteiger partial charge on any atom is 0.262 e. The molecule has 0 aliphatic rings. The molecular formula is C28H28N2O2S. The van der Waals surface area contributed by atoms with Crippen molar-refractivity contribution in [2.75, 3.05) is 11.9 Å². The van der Waals surface area contributed by atoms with Gasteiger partial charge in [-0.1, -0.05) is 68.4 Å². The van der Waals surface area contributed by atoms with Gasteiger partial charge in [0, 0.05) is 21.7 Å². The number of anilines is 1. The summed E-state index contributed by atoms with van der Waals surface area (Å²) >= 11 is 1.69. The molecule has 0 aliphatic carbocycles. The lowest BCUT2D eigenvalue weighted by Gasteiger charge is -2.15. The third kappa shape index (κ3) is 5.49. The summed E-state index contributed by atoms with van der Waals surface area (Å²) < 4.78 is 5.85. The molecule has 1 heterocycles. The predicted octanol–water partition coefficient (Wildman–Crippen LogP) is 7.23. The van der Waals surface area contributed by atoms with Crippen LogP contribution in [-0.2, 0) is 4.79 Å². The van der Waals surface area contributed by atoms with E-state index in [2.05, 4.69) is 50.4 Å². The normalized spacial score (nSPS) is 10.9. The fourth-order valence-corrected chi connectivity index (χ4v) is 4.60. The van der Waals surface area contributed by atoms with Gasteiger partial charge in [0.25, 0.3) is 5.91 Å². The number of benzene rings is 3. The van der Waals surface area contributed by atoms with Gasteiger partial charge in [0.1, 0.15) is 10.8 Å². The van der Waals surface area contributed by atoms with Crippen LogP contribution in [0.15, 0.2) is 72.8 Å². The van der Waals surface area contributed by atoms with Crippen LogP contribution >= 0.6 is 11.3 Å². The Labute approximate surface area is 199 Å². The van der Waals surface area contributed by atoms with Crippen LogP contribution in [0.25, 0.3) is 21.8 Å².